The average molecular weight is 503 g/mol. The van der Waals surface area contributed by atoms with E-state index in [0.717, 1.165) is 64.2 Å². The number of unbranched alkanes of at least 4 members (excludes halogenated alkanes) is 2. The Hall–Kier alpha value is 0.220. The Bertz CT molecular complexity index is 564. The van der Waals surface area contributed by atoms with Crippen LogP contribution in [-0.4, -0.2) is 47.8 Å². The fraction of sp³-hybridized carbons (Fsp3) is 1.00. The lowest BCUT2D eigenvalue weighted by Gasteiger charge is -2.32. The van der Waals surface area contributed by atoms with Gasteiger partial charge in [-0.3, -0.25) is 9.09 Å². The molecule has 0 aromatic rings. The minimum absolute atomic E-state index is 0.0535. The van der Waals surface area contributed by atoms with Crippen molar-refractivity contribution in [1.29, 1.82) is 0 Å². The van der Waals surface area contributed by atoms with Crippen molar-refractivity contribution in [3.63, 3.8) is 0 Å². The molecular formula is C22H48O8P2. The highest BCUT2D eigenvalue weighted by molar-refractivity contribution is 7.51. The van der Waals surface area contributed by atoms with Crippen LogP contribution in [0.1, 0.15) is 98.3 Å². The Labute approximate surface area is 195 Å². The van der Waals surface area contributed by atoms with Crippen molar-refractivity contribution < 1.29 is 37.6 Å². The number of hydrogen-bond acceptors (Lipinski definition) is 5. The van der Waals surface area contributed by atoms with Crippen molar-refractivity contribution in [3.8, 4) is 0 Å². The van der Waals surface area contributed by atoms with Gasteiger partial charge in [-0.25, -0.2) is 4.57 Å². The van der Waals surface area contributed by atoms with Crippen LogP contribution in [0.4, 0.5) is 0 Å². The van der Waals surface area contributed by atoms with Crippen LogP contribution in [0.2, 0.25) is 0 Å². The van der Waals surface area contributed by atoms with Gasteiger partial charge in [0.1, 0.15) is 0 Å². The molecule has 0 radical (unpaired) electrons. The minimum Gasteiger partial charge on any atom is -0.381 e. The second-order valence-electron chi connectivity index (χ2n) is 9.09. The van der Waals surface area contributed by atoms with Gasteiger partial charge in [-0.05, 0) is 55.8 Å². The smallest absolute Gasteiger partial charge is 0.381 e. The van der Waals surface area contributed by atoms with E-state index in [-0.39, 0.29) is 17.4 Å². The van der Waals surface area contributed by atoms with Gasteiger partial charge >= 0.3 is 15.4 Å². The molecule has 0 saturated carbocycles. The van der Waals surface area contributed by atoms with Crippen molar-refractivity contribution in [2.45, 2.75) is 98.3 Å². The summed E-state index contributed by atoms with van der Waals surface area (Å²) in [6.45, 7) is 11.5. The van der Waals surface area contributed by atoms with E-state index in [9.17, 15) is 14.0 Å². The summed E-state index contributed by atoms with van der Waals surface area (Å²) >= 11 is 0. The summed E-state index contributed by atoms with van der Waals surface area (Å²) < 4.78 is 38.0. The first-order valence-corrected chi connectivity index (χ1v) is 15.6. The number of phosphoric ester groups is 1. The molecular weight excluding hydrogens is 454 g/mol. The van der Waals surface area contributed by atoms with Crippen molar-refractivity contribution in [2.24, 2.45) is 10.8 Å². The zero-order chi connectivity index (χ0) is 24.7. The van der Waals surface area contributed by atoms with Crippen molar-refractivity contribution >= 4 is 15.4 Å². The molecule has 0 aromatic carbocycles. The Kier molecular flexibility index (Phi) is 16.1. The van der Waals surface area contributed by atoms with Crippen LogP contribution in [0.15, 0.2) is 0 Å². The van der Waals surface area contributed by atoms with E-state index in [1.54, 1.807) is 0 Å². The normalized spacial score (nSPS) is 15.1. The lowest BCUT2D eigenvalue weighted by Crippen LogP contribution is -2.25. The Morgan fingerprint density at radius 2 is 1.12 bits per heavy atom. The maximum atomic E-state index is 11.5. The van der Waals surface area contributed by atoms with Gasteiger partial charge < -0.3 is 23.9 Å². The van der Waals surface area contributed by atoms with Gasteiger partial charge in [-0.2, -0.15) is 0 Å². The lowest BCUT2D eigenvalue weighted by molar-refractivity contribution is 0.0934. The molecule has 8 nitrogen and oxygen atoms in total. The van der Waals surface area contributed by atoms with E-state index in [1.165, 1.54) is 6.66 Å². The molecule has 0 aliphatic rings. The third-order valence-corrected chi connectivity index (χ3v) is 8.12. The average Bonchev–Trinajstić information content (AvgIpc) is 2.72. The first kappa shape index (κ1) is 32.2. The lowest BCUT2D eigenvalue weighted by atomic mass is 9.75. The van der Waals surface area contributed by atoms with Gasteiger partial charge in [0.05, 0.1) is 13.2 Å². The molecule has 3 N–H and O–H groups in total. The molecule has 194 valence electrons. The van der Waals surface area contributed by atoms with Crippen LogP contribution >= 0.6 is 15.4 Å². The number of ether oxygens (including phenoxy) is 1. The van der Waals surface area contributed by atoms with E-state index in [4.69, 9.17) is 19.0 Å². The first-order chi connectivity index (χ1) is 14.9. The van der Waals surface area contributed by atoms with Crippen LogP contribution in [0.3, 0.4) is 0 Å². The van der Waals surface area contributed by atoms with Crippen molar-refractivity contribution in [3.05, 3.63) is 0 Å². The third kappa shape index (κ3) is 15.2. The van der Waals surface area contributed by atoms with Crippen LogP contribution < -0.4 is 0 Å². The first-order valence-electron chi connectivity index (χ1n) is 12.1. The van der Waals surface area contributed by atoms with E-state index >= 15 is 0 Å². The molecule has 0 bridgehead atoms. The van der Waals surface area contributed by atoms with Gasteiger partial charge in [0.15, 0.2) is 0 Å². The predicted octanol–water partition coefficient (Wildman–Crippen LogP) is 6.29. The Balaban J connectivity index is 4.10. The van der Waals surface area contributed by atoms with Crippen LogP contribution in [0.25, 0.3) is 0 Å². The second kappa shape index (κ2) is 16.0. The summed E-state index contributed by atoms with van der Waals surface area (Å²) in [5, 5.41) is 0. The highest BCUT2D eigenvalue weighted by atomic mass is 31.2. The summed E-state index contributed by atoms with van der Waals surface area (Å²) in [5.41, 5.74) is -0.000555. The second-order valence-corrected chi connectivity index (χ2v) is 12.2. The van der Waals surface area contributed by atoms with E-state index in [2.05, 4.69) is 32.2 Å². The molecule has 0 heterocycles. The molecule has 32 heavy (non-hydrogen) atoms. The molecule has 0 aliphatic heterocycles. The van der Waals surface area contributed by atoms with Crippen LogP contribution in [0, 0.1) is 10.8 Å². The molecule has 1 atom stereocenters. The summed E-state index contributed by atoms with van der Waals surface area (Å²) in [4.78, 5) is 27.2. The Morgan fingerprint density at radius 1 is 0.656 bits per heavy atom. The third-order valence-electron chi connectivity index (χ3n) is 6.99. The monoisotopic (exact) mass is 502 g/mol. The number of rotatable bonds is 21. The van der Waals surface area contributed by atoms with Crippen LogP contribution in [0.5, 0.6) is 0 Å². The largest absolute Gasteiger partial charge is 0.469 e. The zero-order valence-corrected chi connectivity index (χ0v) is 22.7. The van der Waals surface area contributed by atoms with Gasteiger partial charge in [-0.15, -0.1) is 0 Å². The fourth-order valence-corrected chi connectivity index (χ4v) is 4.95. The van der Waals surface area contributed by atoms with Crippen molar-refractivity contribution in [2.75, 3.05) is 33.1 Å². The highest BCUT2D eigenvalue weighted by Crippen LogP contribution is 2.43. The van der Waals surface area contributed by atoms with E-state index < -0.39 is 15.4 Å². The summed E-state index contributed by atoms with van der Waals surface area (Å²) in [7, 11) is -7.85. The van der Waals surface area contributed by atoms with Gasteiger partial charge in [0, 0.05) is 19.9 Å². The molecule has 0 spiro atoms. The number of hydrogen-bond donors (Lipinski definition) is 3. The van der Waals surface area contributed by atoms with Gasteiger partial charge in [0.2, 0.25) is 0 Å². The van der Waals surface area contributed by atoms with Crippen molar-refractivity contribution in [1.82, 2.24) is 0 Å². The molecule has 0 aliphatic carbocycles. The SMILES string of the molecule is CCC(CC)(CCCCOCCCCC(CC)(CC)COP(C)(=O)O)CCOP(=O)(O)O. The van der Waals surface area contributed by atoms with E-state index in [1.807, 2.05) is 0 Å². The molecule has 0 rings (SSSR count). The summed E-state index contributed by atoms with van der Waals surface area (Å²) in [6.07, 6.45) is 10.3. The maximum absolute atomic E-state index is 11.5. The van der Waals surface area contributed by atoms with Gasteiger partial charge in [0.25, 0.3) is 0 Å². The highest BCUT2D eigenvalue weighted by Gasteiger charge is 2.29. The van der Waals surface area contributed by atoms with Crippen LogP contribution in [-0.2, 0) is 22.9 Å². The topological polar surface area (TPSA) is 123 Å². The van der Waals surface area contributed by atoms with E-state index in [0.29, 0.717) is 26.2 Å². The molecule has 1 unspecified atom stereocenters. The minimum atomic E-state index is -4.40. The van der Waals surface area contributed by atoms with Gasteiger partial charge in [-0.1, -0.05) is 53.4 Å². The maximum Gasteiger partial charge on any atom is 0.469 e. The standard InChI is InChI=1S/C22H48O8P2/c1-6-21(7-2,16-19-29-32(25,26)27)14-10-12-17-28-18-13-11-15-22(8-3,9-4)20-30-31(5,23)24/h6-20H2,1-5H3,(H,23,24)(H2,25,26,27). The predicted molar refractivity (Wildman–Crippen MR) is 129 cm³/mol. The molecule has 0 amide bonds. The quantitative estimate of drug-likeness (QED) is 0.124. The molecule has 0 fully saturated rings. The zero-order valence-electron chi connectivity index (χ0n) is 20.9. The Morgan fingerprint density at radius 3 is 1.53 bits per heavy atom. The fourth-order valence-electron chi connectivity index (χ4n) is 4.11. The summed E-state index contributed by atoms with van der Waals surface area (Å²) in [5.74, 6) is 0. The number of phosphoric acid groups is 1. The molecule has 0 saturated heterocycles. The summed E-state index contributed by atoms with van der Waals surface area (Å²) in [6, 6.07) is 0. The molecule has 10 heteroatoms. The molecule has 0 aromatic heterocycles.